The molecule has 0 fully saturated rings. The van der Waals surface area contributed by atoms with Crippen LogP contribution in [0.1, 0.15) is 19.4 Å². The van der Waals surface area contributed by atoms with Gasteiger partial charge in [-0.2, -0.15) is 0 Å². The molecular weight excluding hydrogens is 257 g/mol. The summed E-state index contributed by atoms with van der Waals surface area (Å²) in [6.07, 6.45) is -4.83. The van der Waals surface area contributed by atoms with Crippen LogP contribution >= 0.6 is 0 Å². The van der Waals surface area contributed by atoms with Crippen LogP contribution in [0, 0.1) is 5.82 Å². The fourth-order valence-electron chi connectivity index (χ4n) is 2.24. The van der Waals surface area contributed by atoms with Gasteiger partial charge in [0.05, 0.1) is 0 Å². The number of nitrogens with zero attached hydrogens (tertiary/aromatic N) is 1. The van der Waals surface area contributed by atoms with Crippen molar-refractivity contribution in [3.63, 3.8) is 0 Å². The molecule has 1 aliphatic heterocycles. The Morgan fingerprint density at radius 3 is 2.63 bits per heavy atom. The maximum atomic E-state index is 14.5. The molecule has 1 aromatic carbocycles. The number of benzene rings is 1. The molecule has 0 radical (unpaired) electrons. The van der Waals surface area contributed by atoms with Gasteiger partial charge in [0, 0.05) is 5.56 Å². The van der Waals surface area contributed by atoms with Crippen molar-refractivity contribution in [2.45, 2.75) is 37.8 Å². The largest absolute Gasteiger partial charge is 0.456 e. The molecule has 0 aromatic heterocycles. The highest BCUT2D eigenvalue weighted by molar-refractivity contribution is 5.73. The SMILES string of the molecule is C[C@H](F)[C@H]1OC(N)=N[C@](C)(c2ccccc2F)[C@H]1F. The van der Waals surface area contributed by atoms with Gasteiger partial charge in [-0.25, -0.2) is 18.2 Å². The summed E-state index contributed by atoms with van der Waals surface area (Å²) in [4.78, 5) is 3.85. The van der Waals surface area contributed by atoms with Gasteiger partial charge in [0.15, 0.2) is 12.3 Å². The maximum absolute atomic E-state index is 14.5. The molecule has 2 N–H and O–H groups in total. The lowest BCUT2D eigenvalue weighted by molar-refractivity contribution is -0.0230. The molecule has 3 nitrogen and oxygen atoms in total. The second kappa shape index (κ2) is 4.75. The lowest BCUT2D eigenvalue weighted by atomic mass is 9.83. The van der Waals surface area contributed by atoms with E-state index in [2.05, 4.69) is 4.99 Å². The van der Waals surface area contributed by atoms with E-state index in [-0.39, 0.29) is 11.6 Å². The highest BCUT2D eigenvalue weighted by Gasteiger charge is 2.49. The van der Waals surface area contributed by atoms with E-state index in [1.807, 2.05) is 0 Å². The zero-order valence-electron chi connectivity index (χ0n) is 10.6. The molecule has 0 saturated heterocycles. The molecule has 1 aliphatic rings. The van der Waals surface area contributed by atoms with Gasteiger partial charge in [-0.05, 0) is 19.9 Å². The second-order valence-corrected chi connectivity index (χ2v) is 4.74. The molecule has 1 aromatic rings. The van der Waals surface area contributed by atoms with E-state index in [9.17, 15) is 13.2 Å². The first-order chi connectivity index (χ1) is 8.86. The van der Waals surface area contributed by atoms with E-state index in [0.717, 1.165) is 6.92 Å². The van der Waals surface area contributed by atoms with Gasteiger partial charge < -0.3 is 10.5 Å². The van der Waals surface area contributed by atoms with Gasteiger partial charge in [-0.3, -0.25) is 0 Å². The number of amidine groups is 1. The number of alkyl halides is 2. The predicted molar refractivity (Wildman–Crippen MR) is 65.7 cm³/mol. The van der Waals surface area contributed by atoms with Gasteiger partial charge in [-0.1, -0.05) is 18.2 Å². The smallest absolute Gasteiger partial charge is 0.283 e. The Balaban J connectivity index is 2.52. The molecule has 2 rings (SSSR count). The van der Waals surface area contributed by atoms with Gasteiger partial charge in [0.25, 0.3) is 6.02 Å². The third-order valence-corrected chi connectivity index (χ3v) is 3.30. The standard InChI is InChI=1S/C13H15F3N2O/c1-7(14)10-11(16)13(2,18-12(17)19-10)8-5-3-4-6-9(8)15/h3-7,10-11H,1-2H3,(H2,17,18)/t7-,10+,11-,13+/m0/s1. The zero-order chi connectivity index (χ0) is 14.2. The average Bonchev–Trinajstić information content (AvgIpc) is 2.34. The Morgan fingerprint density at radius 2 is 2.05 bits per heavy atom. The van der Waals surface area contributed by atoms with Gasteiger partial charge >= 0.3 is 0 Å². The number of aliphatic imine (C=N–C) groups is 1. The Hall–Kier alpha value is -1.72. The van der Waals surface area contributed by atoms with Crippen LogP contribution in [-0.4, -0.2) is 24.5 Å². The summed E-state index contributed by atoms with van der Waals surface area (Å²) in [5.74, 6) is -0.614. The van der Waals surface area contributed by atoms with Crippen LogP contribution in [0.25, 0.3) is 0 Å². The van der Waals surface area contributed by atoms with Crippen molar-refractivity contribution in [1.82, 2.24) is 0 Å². The van der Waals surface area contributed by atoms with Gasteiger partial charge in [0.1, 0.15) is 17.5 Å². The van der Waals surface area contributed by atoms with Crippen LogP contribution in [0.3, 0.4) is 0 Å². The van der Waals surface area contributed by atoms with Crippen LogP contribution in [-0.2, 0) is 10.3 Å². The van der Waals surface area contributed by atoms with Gasteiger partial charge in [-0.15, -0.1) is 0 Å². The first kappa shape index (κ1) is 13.7. The van der Waals surface area contributed by atoms with Crippen LogP contribution in [0.2, 0.25) is 0 Å². The summed E-state index contributed by atoms with van der Waals surface area (Å²) in [6, 6.07) is 5.31. The monoisotopic (exact) mass is 272 g/mol. The lowest BCUT2D eigenvalue weighted by Crippen LogP contribution is -2.52. The summed E-state index contributed by atoms with van der Waals surface area (Å²) in [6.45, 7) is 2.54. The molecule has 4 atom stereocenters. The van der Waals surface area contributed by atoms with Crippen molar-refractivity contribution in [1.29, 1.82) is 0 Å². The maximum Gasteiger partial charge on any atom is 0.283 e. The normalized spacial score (nSPS) is 32.4. The lowest BCUT2D eigenvalue weighted by Gasteiger charge is -2.38. The third kappa shape index (κ3) is 2.27. The molecule has 0 spiro atoms. The molecular formula is C13H15F3N2O. The Bertz CT molecular complexity index is 506. The highest BCUT2D eigenvalue weighted by Crippen LogP contribution is 2.39. The van der Waals surface area contributed by atoms with E-state index in [4.69, 9.17) is 10.5 Å². The fraction of sp³-hybridized carbons (Fsp3) is 0.462. The van der Waals surface area contributed by atoms with E-state index >= 15 is 0 Å². The molecule has 0 aliphatic carbocycles. The first-order valence-corrected chi connectivity index (χ1v) is 5.91. The number of hydrogen-bond donors (Lipinski definition) is 1. The van der Waals surface area contributed by atoms with Gasteiger partial charge in [0.2, 0.25) is 0 Å². The second-order valence-electron chi connectivity index (χ2n) is 4.74. The molecule has 19 heavy (non-hydrogen) atoms. The summed E-state index contributed by atoms with van der Waals surface area (Å²) in [5.41, 5.74) is 3.89. The van der Waals surface area contributed by atoms with Crippen molar-refractivity contribution in [2.75, 3.05) is 0 Å². The summed E-state index contributed by atoms with van der Waals surface area (Å²) >= 11 is 0. The fourth-order valence-corrected chi connectivity index (χ4v) is 2.24. The summed E-state index contributed by atoms with van der Waals surface area (Å²) in [7, 11) is 0. The minimum Gasteiger partial charge on any atom is -0.456 e. The molecule has 0 saturated carbocycles. The van der Waals surface area contributed by atoms with Crippen LogP contribution in [0.4, 0.5) is 13.2 Å². The highest BCUT2D eigenvalue weighted by atomic mass is 19.1. The summed E-state index contributed by atoms with van der Waals surface area (Å²) < 4.78 is 46.6. The average molecular weight is 272 g/mol. The minimum absolute atomic E-state index is 0.0272. The number of ether oxygens (including phenoxy) is 1. The molecule has 1 heterocycles. The summed E-state index contributed by atoms with van der Waals surface area (Å²) in [5, 5.41) is 0. The molecule has 0 unspecified atom stereocenters. The van der Waals surface area contributed by atoms with E-state index < -0.39 is 29.8 Å². The number of nitrogens with two attached hydrogens (primary N) is 1. The quantitative estimate of drug-likeness (QED) is 0.899. The van der Waals surface area contributed by atoms with E-state index in [1.54, 1.807) is 6.07 Å². The van der Waals surface area contributed by atoms with Crippen molar-refractivity contribution in [2.24, 2.45) is 10.7 Å². The first-order valence-electron chi connectivity index (χ1n) is 5.91. The van der Waals surface area contributed by atoms with Crippen molar-refractivity contribution in [3.05, 3.63) is 35.6 Å². The minimum atomic E-state index is -1.84. The number of halogens is 3. The predicted octanol–water partition coefficient (Wildman–Crippen LogP) is 2.45. The van der Waals surface area contributed by atoms with Crippen LogP contribution in [0.5, 0.6) is 0 Å². The van der Waals surface area contributed by atoms with Crippen LogP contribution < -0.4 is 5.73 Å². The Kier molecular flexibility index (Phi) is 3.43. The van der Waals surface area contributed by atoms with Crippen molar-refractivity contribution >= 4 is 6.02 Å². The van der Waals surface area contributed by atoms with Crippen LogP contribution in [0.15, 0.2) is 29.3 Å². The molecule has 104 valence electrons. The molecule has 0 bridgehead atoms. The van der Waals surface area contributed by atoms with Crippen molar-refractivity contribution < 1.29 is 17.9 Å². The van der Waals surface area contributed by atoms with E-state index in [0.29, 0.717) is 0 Å². The third-order valence-electron chi connectivity index (χ3n) is 3.30. The molecule has 0 amide bonds. The van der Waals surface area contributed by atoms with E-state index in [1.165, 1.54) is 25.1 Å². The topological polar surface area (TPSA) is 47.6 Å². The Morgan fingerprint density at radius 1 is 1.42 bits per heavy atom. The Labute approximate surface area is 109 Å². The molecule has 6 heteroatoms. The zero-order valence-corrected chi connectivity index (χ0v) is 10.6. The number of rotatable bonds is 2. The number of hydrogen-bond acceptors (Lipinski definition) is 3. The van der Waals surface area contributed by atoms with Crippen molar-refractivity contribution in [3.8, 4) is 0 Å².